The number of likely N-dealkylation sites (tertiary alicyclic amines) is 1. The molecule has 0 bridgehead atoms. The number of aliphatic hydroxyl groups is 2. The van der Waals surface area contributed by atoms with Crippen molar-refractivity contribution in [1.29, 1.82) is 0 Å². The Morgan fingerprint density at radius 2 is 2.08 bits per heavy atom. The van der Waals surface area contributed by atoms with Crippen LogP contribution in [-0.2, 0) is 0 Å². The van der Waals surface area contributed by atoms with Crippen LogP contribution in [0.2, 0.25) is 0 Å². The lowest BCUT2D eigenvalue weighted by Gasteiger charge is -2.19. The van der Waals surface area contributed by atoms with Gasteiger partial charge < -0.3 is 10.2 Å². The molecule has 0 amide bonds. The molecule has 0 aromatic rings. The minimum absolute atomic E-state index is 0.146. The van der Waals surface area contributed by atoms with Gasteiger partial charge in [0.2, 0.25) is 0 Å². The summed E-state index contributed by atoms with van der Waals surface area (Å²) in [6.45, 7) is -0.554. The normalized spacial score (nSPS) is 29.5. The molecule has 1 saturated heterocycles. The van der Waals surface area contributed by atoms with Gasteiger partial charge in [-0.05, 0) is 0 Å². The number of rotatable bonds is 3. The molecule has 1 atom stereocenters. The van der Waals surface area contributed by atoms with Gasteiger partial charge in [-0.25, -0.2) is 8.78 Å². The molecule has 1 fully saturated rings. The highest BCUT2D eigenvalue weighted by atomic mass is 19.3. The van der Waals surface area contributed by atoms with E-state index in [1.54, 1.807) is 0 Å². The molecular weight excluding hydrogens is 168 g/mol. The Kier molecular flexibility index (Phi) is 2.98. The first kappa shape index (κ1) is 9.83. The molecule has 0 aromatic heterocycles. The van der Waals surface area contributed by atoms with Gasteiger partial charge in [0.25, 0.3) is 5.92 Å². The van der Waals surface area contributed by atoms with Gasteiger partial charge in [0, 0.05) is 19.0 Å². The lowest BCUT2D eigenvalue weighted by Crippen LogP contribution is -2.35. The fourth-order valence-electron chi connectivity index (χ4n) is 1.53. The number of β-amino-alcohol motifs (C(OH)–C–C–N with tert-alkyl or cyclic N) is 1. The number of halogens is 2. The van der Waals surface area contributed by atoms with Gasteiger partial charge in [0.15, 0.2) is 0 Å². The minimum Gasteiger partial charge on any atom is -0.395 e. The lowest BCUT2D eigenvalue weighted by molar-refractivity contribution is 0.0107. The van der Waals surface area contributed by atoms with Crippen molar-refractivity contribution in [1.82, 2.24) is 4.90 Å². The van der Waals surface area contributed by atoms with Crippen molar-refractivity contribution in [3.05, 3.63) is 0 Å². The van der Waals surface area contributed by atoms with Crippen LogP contribution in [0.15, 0.2) is 0 Å². The summed E-state index contributed by atoms with van der Waals surface area (Å²) in [7, 11) is 0. The van der Waals surface area contributed by atoms with Crippen molar-refractivity contribution in [3.8, 4) is 0 Å². The second-order valence-electron chi connectivity index (χ2n) is 3.09. The van der Waals surface area contributed by atoms with Gasteiger partial charge >= 0.3 is 0 Å². The quantitative estimate of drug-likeness (QED) is 0.627. The van der Waals surface area contributed by atoms with Crippen LogP contribution in [0.1, 0.15) is 6.42 Å². The average Bonchev–Trinajstić information content (AvgIpc) is 2.26. The molecule has 12 heavy (non-hydrogen) atoms. The number of nitrogens with zero attached hydrogens (tertiary/aromatic N) is 1. The molecule has 1 heterocycles. The predicted molar refractivity (Wildman–Crippen MR) is 39.1 cm³/mol. The molecule has 1 aliphatic rings. The van der Waals surface area contributed by atoms with Crippen LogP contribution in [0.4, 0.5) is 8.78 Å². The molecule has 0 radical (unpaired) electrons. The summed E-state index contributed by atoms with van der Waals surface area (Å²) in [6, 6.07) is -0.493. The summed E-state index contributed by atoms with van der Waals surface area (Å²) < 4.78 is 25.4. The molecule has 1 aliphatic heterocycles. The summed E-state index contributed by atoms with van der Waals surface area (Å²) in [4.78, 5) is 1.42. The number of aliphatic hydroxyl groups excluding tert-OH is 2. The molecule has 5 heteroatoms. The van der Waals surface area contributed by atoms with E-state index in [4.69, 9.17) is 10.2 Å². The van der Waals surface area contributed by atoms with E-state index in [1.807, 2.05) is 0 Å². The van der Waals surface area contributed by atoms with Crippen molar-refractivity contribution in [3.63, 3.8) is 0 Å². The zero-order chi connectivity index (χ0) is 9.19. The third kappa shape index (κ3) is 2.12. The standard InChI is InChI=1S/C7H13F2NO2/c8-7(9)3-6(4-12)10(5-7)1-2-11/h6,11-12H,1-5H2/t6-/m0/s1. The molecule has 3 nitrogen and oxygen atoms in total. The monoisotopic (exact) mass is 181 g/mol. The van der Waals surface area contributed by atoms with E-state index in [0.717, 1.165) is 0 Å². The summed E-state index contributed by atoms with van der Waals surface area (Å²) in [5, 5.41) is 17.3. The Morgan fingerprint density at radius 1 is 1.42 bits per heavy atom. The van der Waals surface area contributed by atoms with Gasteiger partial charge in [-0.2, -0.15) is 0 Å². The average molecular weight is 181 g/mol. The molecule has 0 aliphatic carbocycles. The van der Waals surface area contributed by atoms with Crippen molar-refractivity contribution in [2.75, 3.05) is 26.3 Å². The molecule has 0 unspecified atom stereocenters. The van der Waals surface area contributed by atoms with Crippen molar-refractivity contribution in [2.45, 2.75) is 18.4 Å². The number of hydrogen-bond donors (Lipinski definition) is 2. The van der Waals surface area contributed by atoms with Gasteiger partial charge in [-0.3, -0.25) is 4.90 Å². The zero-order valence-electron chi connectivity index (χ0n) is 6.71. The third-order valence-corrected chi connectivity index (χ3v) is 2.08. The maximum Gasteiger partial charge on any atom is 0.262 e. The predicted octanol–water partition coefficient (Wildman–Crippen LogP) is -0.319. The van der Waals surface area contributed by atoms with Crippen LogP contribution >= 0.6 is 0 Å². The Morgan fingerprint density at radius 3 is 2.58 bits per heavy atom. The van der Waals surface area contributed by atoms with Gasteiger partial charge in [-0.15, -0.1) is 0 Å². The van der Waals surface area contributed by atoms with Crippen molar-refractivity contribution in [2.24, 2.45) is 0 Å². The van der Waals surface area contributed by atoms with E-state index in [0.29, 0.717) is 0 Å². The van der Waals surface area contributed by atoms with Crippen LogP contribution in [0.25, 0.3) is 0 Å². The van der Waals surface area contributed by atoms with E-state index >= 15 is 0 Å². The molecule has 1 rings (SSSR count). The van der Waals surface area contributed by atoms with E-state index in [9.17, 15) is 8.78 Å². The highest BCUT2D eigenvalue weighted by Gasteiger charge is 2.44. The summed E-state index contributed by atoms with van der Waals surface area (Å²) in [6.07, 6.45) is -0.302. The lowest BCUT2D eigenvalue weighted by atomic mass is 10.2. The van der Waals surface area contributed by atoms with E-state index in [1.165, 1.54) is 4.90 Å². The van der Waals surface area contributed by atoms with Gasteiger partial charge in [0.1, 0.15) is 0 Å². The third-order valence-electron chi connectivity index (χ3n) is 2.08. The zero-order valence-corrected chi connectivity index (χ0v) is 6.71. The molecule has 0 saturated carbocycles. The van der Waals surface area contributed by atoms with Gasteiger partial charge in [-0.1, -0.05) is 0 Å². The minimum atomic E-state index is -2.71. The summed E-state index contributed by atoms with van der Waals surface area (Å²) in [5.74, 6) is -2.71. The SMILES string of the molecule is OCCN1CC(F)(F)C[C@H]1CO. The largest absolute Gasteiger partial charge is 0.395 e. The Bertz CT molecular complexity index is 154. The van der Waals surface area contributed by atoms with Crippen LogP contribution < -0.4 is 0 Å². The van der Waals surface area contributed by atoms with E-state index < -0.39 is 12.0 Å². The molecule has 72 valence electrons. The topological polar surface area (TPSA) is 43.7 Å². The molecule has 0 aromatic carbocycles. The maximum absolute atomic E-state index is 12.7. The van der Waals surface area contributed by atoms with Crippen molar-refractivity contribution >= 4 is 0 Å². The van der Waals surface area contributed by atoms with Crippen molar-refractivity contribution < 1.29 is 19.0 Å². The fourth-order valence-corrected chi connectivity index (χ4v) is 1.53. The van der Waals surface area contributed by atoms with Crippen LogP contribution in [0.3, 0.4) is 0 Å². The Hall–Kier alpha value is -0.260. The second kappa shape index (κ2) is 3.64. The maximum atomic E-state index is 12.7. The van der Waals surface area contributed by atoms with Crippen LogP contribution in [0.5, 0.6) is 0 Å². The number of alkyl halides is 2. The van der Waals surface area contributed by atoms with Gasteiger partial charge in [0.05, 0.1) is 19.8 Å². The molecule has 0 spiro atoms. The summed E-state index contributed by atoms with van der Waals surface area (Å²) >= 11 is 0. The van der Waals surface area contributed by atoms with Crippen LogP contribution in [0, 0.1) is 0 Å². The summed E-state index contributed by atoms with van der Waals surface area (Å²) in [5.41, 5.74) is 0. The van der Waals surface area contributed by atoms with E-state index in [-0.39, 0.29) is 32.7 Å². The smallest absolute Gasteiger partial charge is 0.262 e. The first-order chi connectivity index (χ1) is 5.59. The molecular formula is C7H13F2NO2. The Labute approximate surface area is 69.6 Å². The second-order valence-corrected chi connectivity index (χ2v) is 3.09. The highest BCUT2D eigenvalue weighted by Crippen LogP contribution is 2.31. The highest BCUT2D eigenvalue weighted by molar-refractivity contribution is 4.89. The van der Waals surface area contributed by atoms with Crippen LogP contribution in [-0.4, -0.2) is 53.4 Å². The number of hydrogen-bond acceptors (Lipinski definition) is 3. The first-order valence-electron chi connectivity index (χ1n) is 3.92. The van der Waals surface area contributed by atoms with E-state index in [2.05, 4.69) is 0 Å². The fraction of sp³-hybridized carbons (Fsp3) is 1.00. The Balaban J connectivity index is 2.50. The molecule has 2 N–H and O–H groups in total. The first-order valence-corrected chi connectivity index (χ1v) is 3.92.